The lowest BCUT2D eigenvalue weighted by Crippen LogP contribution is -2.51. The number of fused-ring (bicyclic) bond motifs is 3. The van der Waals surface area contributed by atoms with Crippen LogP contribution in [0.4, 0.5) is 4.79 Å². The number of rotatable bonds is 5. The highest BCUT2D eigenvalue weighted by Gasteiger charge is 2.35. The maximum absolute atomic E-state index is 12.6. The number of ether oxygens (including phenoxy) is 1. The van der Waals surface area contributed by atoms with Crippen molar-refractivity contribution >= 4 is 17.9 Å². The van der Waals surface area contributed by atoms with Gasteiger partial charge in [-0.3, -0.25) is 0 Å². The fraction of sp³-hybridized carbons (Fsp3) is 0.409. The van der Waals surface area contributed by atoms with Crippen LogP contribution in [0.15, 0.2) is 48.5 Å². The maximum atomic E-state index is 12.6. The Kier molecular flexibility index (Phi) is 5.41. The highest BCUT2D eigenvalue weighted by atomic mass is 32.2. The summed E-state index contributed by atoms with van der Waals surface area (Å²) < 4.78 is 5.68. The number of alkyl carbamates (subject to hydrolysis) is 1. The first kappa shape index (κ1) is 18.4. The zero-order valence-electron chi connectivity index (χ0n) is 15.3. The Labute approximate surface area is 164 Å². The molecule has 0 saturated carbocycles. The van der Waals surface area contributed by atoms with Gasteiger partial charge in [0.05, 0.1) is 0 Å². The minimum Gasteiger partial charge on any atom is -0.449 e. The Morgan fingerprint density at radius 1 is 1.07 bits per heavy atom. The molecule has 0 atom stereocenters. The second kappa shape index (κ2) is 7.95. The molecule has 1 heterocycles. The van der Waals surface area contributed by atoms with Gasteiger partial charge in [0.15, 0.2) is 0 Å². The van der Waals surface area contributed by atoms with Crippen molar-refractivity contribution in [1.82, 2.24) is 5.32 Å². The third kappa shape index (κ3) is 3.71. The quantitative estimate of drug-likeness (QED) is 0.813. The number of aliphatic hydroxyl groups is 1. The van der Waals surface area contributed by atoms with Crippen LogP contribution in [-0.2, 0) is 4.74 Å². The van der Waals surface area contributed by atoms with Gasteiger partial charge in [0, 0.05) is 18.1 Å². The second-order valence-corrected chi connectivity index (χ2v) is 8.54. The first-order valence-electron chi connectivity index (χ1n) is 9.54. The number of carbonyl (C=O) groups excluding carboxylic acids is 1. The molecule has 1 fully saturated rings. The van der Waals surface area contributed by atoms with Crippen molar-refractivity contribution in [2.75, 3.05) is 24.7 Å². The topological polar surface area (TPSA) is 58.6 Å². The lowest BCUT2D eigenvalue weighted by molar-refractivity contribution is 0.119. The molecule has 0 aromatic heterocycles. The number of benzene rings is 2. The minimum absolute atomic E-state index is 0.0684. The van der Waals surface area contributed by atoms with Gasteiger partial charge in [0.25, 0.3) is 0 Å². The fourth-order valence-corrected chi connectivity index (χ4v) is 5.54. The van der Waals surface area contributed by atoms with E-state index < -0.39 is 0 Å². The van der Waals surface area contributed by atoms with E-state index in [1.165, 1.54) is 22.3 Å². The average Bonchev–Trinajstić information content (AvgIpc) is 3.01. The number of hydrogen-bond acceptors (Lipinski definition) is 4. The van der Waals surface area contributed by atoms with Gasteiger partial charge in [-0.25, -0.2) is 4.79 Å². The van der Waals surface area contributed by atoms with Crippen molar-refractivity contribution in [2.45, 2.75) is 30.7 Å². The maximum Gasteiger partial charge on any atom is 0.407 e. The zero-order chi connectivity index (χ0) is 18.7. The van der Waals surface area contributed by atoms with Gasteiger partial charge in [-0.1, -0.05) is 48.5 Å². The zero-order valence-corrected chi connectivity index (χ0v) is 16.1. The molecular formula is C22H25NO3S. The van der Waals surface area contributed by atoms with Crippen molar-refractivity contribution in [3.05, 3.63) is 59.7 Å². The van der Waals surface area contributed by atoms with Crippen LogP contribution < -0.4 is 5.32 Å². The second-order valence-electron chi connectivity index (χ2n) is 7.32. The smallest absolute Gasteiger partial charge is 0.407 e. The first-order valence-corrected chi connectivity index (χ1v) is 10.7. The molecule has 1 aliphatic heterocycles. The Morgan fingerprint density at radius 3 is 2.26 bits per heavy atom. The molecule has 2 aliphatic rings. The third-order valence-electron chi connectivity index (χ3n) is 5.75. The van der Waals surface area contributed by atoms with E-state index in [0.717, 1.165) is 24.3 Å². The van der Waals surface area contributed by atoms with Crippen LogP contribution in [0.3, 0.4) is 0 Å². The van der Waals surface area contributed by atoms with Crippen LogP contribution in [0.1, 0.15) is 36.3 Å². The van der Waals surface area contributed by atoms with Gasteiger partial charge >= 0.3 is 6.09 Å². The van der Waals surface area contributed by atoms with E-state index in [0.29, 0.717) is 13.0 Å². The van der Waals surface area contributed by atoms with Crippen molar-refractivity contribution in [3.63, 3.8) is 0 Å². The normalized spacial score (nSPS) is 17.8. The average molecular weight is 384 g/mol. The van der Waals surface area contributed by atoms with Crippen molar-refractivity contribution in [3.8, 4) is 11.1 Å². The molecule has 142 valence electrons. The van der Waals surface area contributed by atoms with E-state index >= 15 is 0 Å². The molecule has 5 heteroatoms. The highest BCUT2D eigenvalue weighted by molar-refractivity contribution is 7.99. The van der Waals surface area contributed by atoms with Gasteiger partial charge in [-0.15, -0.1) is 0 Å². The summed E-state index contributed by atoms with van der Waals surface area (Å²) in [6.07, 6.45) is 1.96. The molecule has 4 nitrogen and oxygen atoms in total. The Hall–Kier alpha value is -1.98. The standard InChI is InChI=1S/C22H25NO3S/c24-12-9-22(10-13-27-14-11-22)23-21(25)26-15-20-18-7-3-1-5-16(18)17-6-2-4-8-19(17)20/h1-8,20,24H,9-15H2,(H,23,25). The van der Waals surface area contributed by atoms with E-state index in [-0.39, 0.29) is 24.2 Å². The van der Waals surface area contributed by atoms with Gasteiger partial charge in [0.1, 0.15) is 6.61 Å². The largest absolute Gasteiger partial charge is 0.449 e. The summed E-state index contributed by atoms with van der Waals surface area (Å²) in [4.78, 5) is 12.6. The molecule has 2 N–H and O–H groups in total. The van der Waals surface area contributed by atoms with Gasteiger partial charge in [-0.05, 0) is 53.0 Å². The summed E-state index contributed by atoms with van der Waals surface area (Å²) in [6, 6.07) is 16.7. The highest BCUT2D eigenvalue weighted by Crippen LogP contribution is 2.44. The molecule has 1 amide bonds. The molecule has 2 aromatic carbocycles. The molecule has 0 bridgehead atoms. The van der Waals surface area contributed by atoms with Crippen LogP contribution >= 0.6 is 11.8 Å². The van der Waals surface area contributed by atoms with Crippen molar-refractivity contribution in [1.29, 1.82) is 0 Å². The molecule has 1 saturated heterocycles. The Morgan fingerprint density at radius 2 is 1.67 bits per heavy atom. The molecule has 2 aromatic rings. The third-order valence-corrected chi connectivity index (χ3v) is 6.74. The Balaban J connectivity index is 1.46. The van der Waals surface area contributed by atoms with E-state index in [2.05, 4.69) is 29.6 Å². The van der Waals surface area contributed by atoms with Crippen LogP contribution in [0, 0.1) is 0 Å². The molecule has 0 radical (unpaired) electrons. The summed E-state index contributed by atoms with van der Waals surface area (Å²) in [7, 11) is 0. The van der Waals surface area contributed by atoms with Crippen LogP contribution in [0.5, 0.6) is 0 Å². The number of thioether (sulfide) groups is 1. The lowest BCUT2D eigenvalue weighted by atomic mass is 9.89. The number of hydrogen-bond donors (Lipinski definition) is 2. The SMILES string of the molecule is O=C(NC1(CCO)CCSCC1)OCC1c2ccccc2-c2ccccc21. The van der Waals surface area contributed by atoms with Crippen LogP contribution in [-0.4, -0.2) is 41.5 Å². The monoisotopic (exact) mass is 383 g/mol. The lowest BCUT2D eigenvalue weighted by Gasteiger charge is -2.37. The van der Waals surface area contributed by atoms with Crippen LogP contribution in [0.25, 0.3) is 11.1 Å². The molecule has 4 rings (SSSR count). The minimum atomic E-state index is -0.378. The van der Waals surface area contributed by atoms with Crippen LogP contribution in [0.2, 0.25) is 0 Å². The molecule has 1 aliphatic carbocycles. The van der Waals surface area contributed by atoms with Gasteiger partial charge in [-0.2, -0.15) is 11.8 Å². The molecule has 0 unspecified atom stereocenters. The molecule has 27 heavy (non-hydrogen) atoms. The summed E-state index contributed by atoms with van der Waals surface area (Å²) in [5.41, 5.74) is 4.55. The number of amides is 1. The first-order chi connectivity index (χ1) is 13.2. The summed E-state index contributed by atoms with van der Waals surface area (Å²) in [5.74, 6) is 2.08. The predicted molar refractivity (Wildman–Crippen MR) is 109 cm³/mol. The van der Waals surface area contributed by atoms with E-state index in [9.17, 15) is 9.90 Å². The molecule has 0 spiro atoms. The number of nitrogens with one attached hydrogen (secondary N) is 1. The summed E-state index contributed by atoms with van der Waals surface area (Å²) in [5, 5.41) is 12.5. The summed E-state index contributed by atoms with van der Waals surface area (Å²) in [6.45, 7) is 0.401. The van der Waals surface area contributed by atoms with Gasteiger partial charge in [0.2, 0.25) is 0 Å². The number of aliphatic hydroxyl groups excluding tert-OH is 1. The van der Waals surface area contributed by atoms with E-state index in [1.54, 1.807) is 0 Å². The Bertz CT molecular complexity index is 766. The fourth-order valence-electron chi connectivity index (χ4n) is 4.26. The van der Waals surface area contributed by atoms with E-state index in [4.69, 9.17) is 4.74 Å². The van der Waals surface area contributed by atoms with Gasteiger partial charge < -0.3 is 15.2 Å². The van der Waals surface area contributed by atoms with Crippen molar-refractivity contribution in [2.24, 2.45) is 0 Å². The predicted octanol–water partition coefficient (Wildman–Crippen LogP) is 4.17. The van der Waals surface area contributed by atoms with E-state index in [1.807, 2.05) is 36.0 Å². The van der Waals surface area contributed by atoms with Crippen molar-refractivity contribution < 1.29 is 14.6 Å². The summed E-state index contributed by atoms with van der Waals surface area (Å²) >= 11 is 1.89. The molecular weight excluding hydrogens is 358 g/mol. The number of carbonyl (C=O) groups is 1.